The molecule has 3 rings (SSSR count). The van der Waals surface area contributed by atoms with Crippen molar-refractivity contribution in [2.24, 2.45) is 4.99 Å². The third kappa shape index (κ3) is 4.19. The van der Waals surface area contributed by atoms with Gasteiger partial charge in [0.25, 0.3) is 5.91 Å². The molecule has 25 heavy (non-hydrogen) atoms. The molecule has 1 fully saturated rings. The Labute approximate surface area is 151 Å². The van der Waals surface area contributed by atoms with Crippen LogP contribution in [0.3, 0.4) is 0 Å². The maximum atomic E-state index is 12.5. The number of hydrogen-bond donors (Lipinski definition) is 1. The monoisotopic (exact) mass is 350 g/mol. The van der Waals surface area contributed by atoms with Crippen LogP contribution < -0.4 is 0 Å². The standard InChI is InChI=1S/C20H18N2O2S/c1-2-22-19(24)18(10-6-9-15-7-4-3-5-8-15)25-20(22)21-16-11-13-17(23)14-12-16/h3-14,23H,2H2,1H3/b9-6+,18-10-,21-20?. The summed E-state index contributed by atoms with van der Waals surface area (Å²) in [7, 11) is 0. The number of likely N-dealkylation sites (N-methyl/N-ethyl adjacent to an activating group) is 1. The Kier molecular flexibility index (Phi) is 5.36. The number of hydrogen-bond acceptors (Lipinski definition) is 4. The predicted molar refractivity (Wildman–Crippen MR) is 104 cm³/mol. The zero-order valence-electron chi connectivity index (χ0n) is 13.8. The molecule has 1 amide bonds. The number of aromatic hydroxyl groups is 1. The Morgan fingerprint density at radius 3 is 2.52 bits per heavy atom. The summed E-state index contributed by atoms with van der Waals surface area (Å²) in [5.74, 6) is 0.154. The van der Waals surface area contributed by atoms with Gasteiger partial charge in [-0.2, -0.15) is 0 Å². The number of thioether (sulfide) groups is 1. The van der Waals surface area contributed by atoms with Crippen molar-refractivity contribution in [3.8, 4) is 5.75 Å². The highest BCUT2D eigenvalue weighted by atomic mass is 32.2. The lowest BCUT2D eigenvalue weighted by molar-refractivity contribution is -0.122. The summed E-state index contributed by atoms with van der Waals surface area (Å²) in [6, 6.07) is 16.5. The minimum absolute atomic E-state index is 0.0391. The maximum Gasteiger partial charge on any atom is 0.266 e. The molecular weight excluding hydrogens is 332 g/mol. The first-order chi connectivity index (χ1) is 12.2. The normalized spacial score (nSPS) is 18.0. The maximum absolute atomic E-state index is 12.5. The van der Waals surface area contributed by atoms with E-state index < -0.39 is 0 Å². The Hall–Kier alpha value is -2.79. The van der Waals surface area contributed by atoms with Crippen molar-refractivity contribution < 1.29 is 9.90 Å². The summed E-state index contributed by atoms with van der Waals surface area (Å²) in [5, 5.41) is 10.0. The second-order valence-electron chi connectivity index (χ2n) is 5.36. The highest BCUT2D eigenvalue weighted by Crippen LogP contribution is 2.32. The molecule has 1 aliphatic heterocycles. The largest absolute Gasteiger partial charge is 0.508 e. The topological polar surface area (TPSA) is 52.9 Å². The highest BCUT2D eigenvalue weighted by molar-refractivity contribution is 8.18. The van der Waals surface area contributed by atoms with Crippen molar-refractivity contribution in [1.82, 2.24) is 4.90 Å². The zero-order chi connectivity index (χ0) is 17.6. The summed E-state index contributed by atoms with van der Waals surface area (Å²) in [6.07, 6.45) is 5.67. The van der Waals surface area contributed by atoms with Crippen molar-refractivity contribution in [2.75, 3.05) is 6.54 Å². The van der Waals surface area contributed by atoms with Gasteiger partial charge in [-0.1, -0.05) is 42.5 Å². The third-order valence-electron chi connectivity index (χ3n) is 3.61. The number of phenols is 1. The van der Waals surface area contributed by atoms with Crippen LogP contribution in [-0.4, -0.2) is 27.6 Å². The summed E-state index contributed by atoms with van der Waals surface area (Å²) in [4.78, 5) is 19.3. The van der Waals surface area contributed by atoms with E-state index in [2.05, 4.69) is 4.99 Å². The van der Waals surface area contributed by atoms with E-state index in [1.165, 1.54) is 11.8 Å². The lowest BCUT2D eigenvalue weighted by Crippen LogP contribution is -2.28. The quantitative estimate of drug-likeness (QED) is 0.822. The first-order valence-corrected chi connectivity index (χ1v) is 8.80. The molecule has 1 heterocycles. The first-order valence-electron chi connectivity index (χ1n) is 7.98. The SMILES string of the molecule is CCN1C(=O)/C(=C/C=C/c2ccccc2)SC1=Nc1ccc(O)cc1. The van der Waals surface area contributed by atoms with Crippen molar-refractivity contribution in [3.63, 3.8) is 0 Å². The molecule has 0 aliphatic carbocycles. The number of aliphatic imine (C=N–C) groups is 1. The Morgan fingerprint density at radius 2 is 1.84 bits per heavy atom. The second kappa shape index (κ2) is 7.85. The molecule has 4 nitrogen and oxygen atoms in total. The summed E-state index contributed by atoms with van der Waals surface area (Å²) < 4.78 is 0. The molecule has 0 radical (unpaired) electrons. The van der Waals surface area contributed by atoms with Crippen LogP contribution in [0.5, 0.6) is 5.75 Å². The molecule has 0 spiro atoms. The number of benzene rings is 2. The van der Waals surface area contributed by atoms with Gasteiger partial charge in [-0.25, -0.2) is 4.99 Å². The Morgan fingerprint density at radius 1 is 1.12 bits per heavy atom. The molecule has 2 aromatic carbocycles. The second-order valence-corrected chi connectivity index (χ2v) is 6.37. The van der Waals surface area contributed by atoms with Gasteiger partial charge in [0.05, 0.1) is 10.6 Å². The number of carbonyl (C=O) groups is 1. The van der Waals surface area contributed by atoms with Gasteiger partial charge >= 0.3 is 0 Å². The number of phenolic OH excluding ortho intramolecular Hbond substituents is 1. The zero-order valence-corrected chi connectivity index (χ0v) is 14.6. The first kappa shape index (κ1) is 17.0. The van der Waals surface area contributed by atoms with Crippen LogP contribution in [0.1, 0.15) is 12.5 Å². The lowest BCUT2D eigenvalue weighted by Gasteiger charge is -2.11. The minimum Gasteiger partial charge on any atom is -0.508 e. The van der Waals surface area contributed by atoms with Crippen molar-refractivity contribution in [3.05, 3.63) is 77.2 Å². The average Bonchev–Trinajstić information content (AvgIpc) is 2.92. The number of rotatable bonds is 4. The van der Waals surface area contributed by atoms with Crippen LogP contribution >= 0.6 is 11.8 Å². The molecule has 0 aromatic heterocycles. The fourth-order valence-corrected chi connectivity index (χ4v) is 3.35. The molecule has 126 valence electrons. The summed E-state index contributed by atoms with van der Waals surface area (Å²) >= 11 is 1.36. The summed E-state index contributed by atoms with van der Waals surface area (Å²) in [6.45, 7) is 2.48. The number of carbonyl (C=O) groups excluding carboxylic acids is 1. The van der Waals surface area contributed by atoms with Crippen LogP contribution in [0, 0.1) is 0 Å². The molecule has 0 atom stereocenters. The van der Waals surface area contributed by atoms with E-state index in [-0.39, 0.29) is 11.7 Å². The van der Waals surface area contributed by atoms with Gasteiger partial charge in [0.1, 0.15) is 5.75 Å². The molecule has 1 N–H and O–H groups in total. The molecule has 0 unspecified atom stereocenters. The van der Waals surface area contributed by atoms with E-state index >= 15 is 0 Å². The van der Waals surface area contributed by atoms with Gasteiger partial charge < -0.3 is 5.11 Å². The van der Waals surface area contributed by atoms with Gasteiger partial charge in [-0.05, 0) is 54.6 Å². The molecule has 0 saturated carbocycles. The Bertz CT molecular complexity index is 840. The average molecular weight is 350 g/mol. The minimum atomic E-state index is -0.0391. The molecular formula is C20H18N2O2S. The Balaban J connectivity index is 1.81. The van der Waals surface area contributed by atoms with Crippen molar-refractivity contribution >= 4 is 34.6 Å². The van der Waals surface area contributed by atoms with Crippen LogP contribution in [0.4, 0.5) is 5.69 Å². The number of nitrogens with zero attached hydrogens (tertiary/aromatic N) is 2. The van der Waals surface area contributed by atoms with E-state index in [0.717, 1.165) is 5.56 Å². The van der Waals surface area contributed by atoms with Crippen LogP contribution in [0.15, 0.2) is 76.6 Å². The number of allylic oxidation sites excluding steroid dienone is 2. The van der Waals surface area contributed by atoms with Crippen LogP contribution in [0.2, 0.25) is 0 Å². The van der Waals surface area contributed by atoms with Gasteiger partial charge in [0, 0.05) is 6.54 Å². The molecule has 1 saturated heterocycles. The van der Waals surface area contributed by atoms with Crippen molar-refractivity contribution in [2.45, 2.75) is 6.92 Å². The third-order valence-corrected chi connectivity index (χ3v) is 4.64. The molecule has 5 heteroatoms. The van der Waals surface area contributed by atoms with Crippen molar-refractivity contribution in [1.29, 1.82) is 0 Å². The fourth-order valence-electron chi connectivity index (χ4n) is 2.33. The van der Waals surface area contributed by atoms with Crippen LogP contribution in [-0.2, 0) is 4.79 Å². The molecule has 1 aliphatic rings. The van der Waals surface area contributed by atoms with E-state index in [9.17, 15) is 9.90 Å². The fraction of sp³-hybridized carbons (Fsp3) is 0.100. The van der Waals surface area contributed by atoms with E-state index in [1.807, 2.05) is 55.5 Å². The van der Waals surface area contributed by atoms with Gasteiger partial charge in [-0.15, -0.1) is 0 Å². The molecule has 0 bridgehead atoms. The number of amidine groups is 1. The van der Waals surface area contributed by atoms with E-state index in [0.29, 0.717) is 22.3 Å². The summed E-state index contributed by atoms with van der Waals surface area (Å²) in [5.41, 5.74) is 1.78. The van der Waals surface area contributed by atoms with Gasteiger partial charge in [0.2, 0.25) is 0 Å². The number of amides is 1. The molecule has 2 aromatic rings. The van der Waals surface area contributed by atoms with Crippen LogP contribution in [0.25, 0.3) is 6.08 Å². The highest BCUT2D eigenvalue weighted by Gasteiger charge is 2.31. The van der Waals surface area contributed by atoms with E-state index in [4.69, 9.17) is 0 Å². The predicted octanol–water partition coefficient (Wildman–Crippen LogP) is 4.57. The van der Waals surface area contributed by atoms with Gasteiger partial charge in [-0.3, -0.25) is 9.69 Å². The van der Waals surface area contributed by atoms with E-state index in [1.54, 1.807) is 29.2 Å². The smallest absolute Gasteiger partial charge is 0.266 e. The van der Waals surface area contributed by atoms with Gasteiger partial charge in [0.15, 0.2) is 5.17 Å². The lowest BCUT2D eigenvalue weighted by atomic mass is 10.2.